The van der Waals surface area contributed by atoms with E-state index in [0.29, 0.717) is 5.92 Å². The number of hydrogen-bond donors (Lipinski definition) is 1. The molecule has 1 atom stereocenters. The number of allylic oxidation sites excluding steroid dienone is 2. The van der Waals surface area contributed by atoms with E-state index in [-0.39, 0.29) is 0 Å². The van der Waals surface area contributed by atoms with Crippen LogP contribution in [0.3, 0.4) is 0 Å². The quantitative estimate of drug-likeness (QED) is 0.619. The molecule has 1 fully saturated rings. The third-order valence-corrected chi connectivity index (χ3v) is 2.65. The molecule has 2 rings (SSSR count). The summed E-state index contributed by atoms with van der Waals surface area (Å²) in [5.74, 6) is 1.64. The normalized spacial score (nSPS) is 27.4. The van der Waals surface area contributed by atoms with Gasteiger partial charge in [-0.2, -0.15) is 0 Å². The standard InChI is InChI=1S/C11H17N3/c1-10-4-2-3-5-13-11(10)14-8-6-12-7-9-14/h2-5,10,12H,6-9H2,1H3. The lowest BCUT2D eigenvalue weighted by Crippen LogP contribution is -2.47. The van der Waals surface area contributed by atoms with Crippen molar-refractivity contribution in [1.82, 2.24) is 10.2 Å². The number of nitrogens with zero attached hydrogens (tertiary/aromatic N) is 2. The van der Waals surface area contributed by atoms with Gasteiger partial charge in [0.05, 0.1) is 0 Å². The molecule has 76 valence electrons. The van der Waals surface area contributed by atoms with Crippen molar-refractivity contribution in [3.8, 4) is 0 Å². The summed E-state index contributed by atoms with van der Waals surface area (Å²) >= 11 is 0. The molecular weight excluding hydrogens is 174 g/mol. The predicted octanol–water partition coefficient (Wildman–Crippen LogP) is 1.01. The molecule has 14 heavy (non-hydrogen) atoms. The molecule has 1 N–H and O–H groups in total. The summed E-state index contributed by atoms with van der Waals surface area (Å²) in [6, 6.07) is 0. The van der Waals surface area contributed by atoms with Gasteiger partial charge in [-0.25, -0.2) is 4.99 Å². The van der Waals surface area contributed by atoms with Crippen molar-refractivity contribution in [2.45, 2.75) is 6.92 Å². The molecular formula is C11H17N3. The Morgan fingerprint density at radius 1 is 1.36 bits per heavy atom. The number of piperazine rings is 1. The monoisotopic (exact) mass is 191 g/mol. The van der Waals surface area contributed by atoms with Crippen LogP contribution >= 0.6 is 0 Å². The van der Waals surface area contributed by atoms with Crippen molar-refractivity contribution in [3.63, 3.8) is 0 Å². The van der Waals surface area contributed by atoms with Crippen LogP contribution in [0.25, 0.3) is 0 Å². The fourth-order valence-corrected chi connectivity index (χ4v) is 1.87. The Hall–Kier alpha value is -1.09. The van der Waals surface area contributed by atoms with Crippen LogP contribution in [0.2, 0.25) is 0 Å². The lowest BCUT2D eigenvalue weighted by molar-refractivity contribution is 0.347. The number of amidine groups is 1. The van der Waals surface area contributed by atoms with Crippen LogP contribution in [0.15, 0.2) is 29.4 Å². The van der Waals surface area contributed by atoms with Gasteiger partial charge in [0.1, 0.15) is 5.84 Å². The van der Waals surface area contributed by atoms with E-state index in [4.69, 9.17) is 0 Å². The summed E-state index contributed by atoms with van der Waals surface area (Å²) in [5, 5.41) is 3.35. The topological polar surface area (TPSA) is 27.6 Å². The number of nitrogens with one attached hydrogen (secondary N) is 1. The van der Waals surface area contributed by atoms with Crippen molar-refractivity contribution in [2.75, 3.05) is 26.2 Å². The van der Waals surface area contributed by atoms with Gasteiger partial charge in [0.2, 0.25) is 0 Å². The Morgan fingerprint density at radius 3 is 2.93 bits per heavy atom. The molecule has 0 radical (unpaired) electrons. The zero-order valence-corrected chi connectivity index (χ0v) is 8.61. The zero-order chi connectivity index (χ0) is 9.80. The fraction of sp³-hybridized carbons (Fsp3) is 0.545. The van der Waals surface area contributed by atoms with E-state index >= 15 is 0 Å². The molecule has 1 saturated heterocycles. The first-order valence-electron chi connectivity index (χ1n) is 5.24. The highest BCUT2D eigenvalue weighted by Gasteiger charge is 2.18. The van der Waals surface area contributed by atoms with Crippen molar-refractivity contribution >= 4 is 5.84 Å². The van der Waals surface area contributed by atoms with Gasteiger partial charge in [0, 0.05) is 38.3 Å². The molecule has 3 heteroatoms. The molecule has 0 aliphatic carbocycles. The second-order valence-electron chi connectivity index (χ2n) is 3.74. The summed E-state index contributed by atoms with van der Waals surface area (Å²) in [5.41, 5.74) is 0. The lowest BCUT2D eigenvalue weighted by Gasteiger charge is -2.32. The van der Waals surface area contributed by atoms with Crippen LogP contribution in [-0.2, 0) is 0 Å². The Labute approximate surface area is 85.2 Å². The molecule has 2 heterocycles. The van der Waals surface area contributed by atoms with Crippen molar-refractivity contribution in [3.05, 3.63) is 24.4 Å². The van der Waals surface area contributed by atoms with Crippen LogP contribution in [0.5, 0.6) is 0 Å². The Morgan fingerprint density at radius 2 is 2.14 bits per heavy atom. The number of rotatable bonds is 0. The summed E-state index contributed by atoms with van der Waals surface area (Å²) in [6.07, 6.45) is 8.15. The summed E-state index contributed by atoms with van der Waals surface area (Å²) < 4.78 is 0. The smallest absolute Gasteiger partial charge is 0.111 e. The molecule has 0 aromatic heterocycles. The van der Waals surface area contributed by atoms with Crippen molar-refractivity contribution in [1.29, 1.82) is 0 Å². The molecule has 0 bridgehead atoms. The summed E-state index contributed by atoms with van der Waals surface area (Å²) in [4.78, 5) is 6.88. The van der Waals surface area contributed by atoms with Crippen molar-refractivity contribution in [2.24, 2.45) is 10.9 Å². The highest BCUT2D eigenvalue weighted by molar-refractivity contribution is 5.87. The van der Waals surface area contributed by atoms with Gasteiger partial charge in [-0.05, 0) is 6.08 Å². The van der Waals surface area contributed by atoms with Gasteiger partial charge < -0.3 is 10.2 Å². The highest BCUT2D eigenvalue weighted by Crippen LogP contribution is 2.10. The van der Waals surface area contributed by atoms with Gasteiger partial charge in [0.25, 0.3) is 0 Å². The van der Waals surface area contributed by atoms with E-state index in [1.165, 1.54) is 5.84 Å². The average molecular weight is 191 g/mol. The van der Waals surface area contributed by atoms with Crippen LogP contribution in [0, 0.1) is 5.92 Å². The summed E-state index contributed by atoms with van der Waals surface area (Å²) in [7, 11) is 0. The van der Waals surface area contributed by atoms with Gasteiger partial charge in [-0.15, -0.1) is 0 Å². The third-order valence-electron chi connectivity index (χ3n) is 2.65. The van der Waals surface area contributed by atoms with Crippen molar-refractivity contribution < 1.29 is 0 Å². The minimum Gasteiger partial charge on any atom is -0.357 e. The van der Waals surface area contributed by atoms with Gasteiger partial charge >= 0.3 is 0 Å². The van der Waals surface area contributed by atoms with E-state index < -0.39 is 0 Å². The Bertz CT molecular complexity index is 272. The van der Waals surface area contributed by atoms with Gasteiger partial charge in [0.15, 0.2) is 0 Å². The minimum atomic E-state index is 0.433. The molecule has 1 unspecified atom stereocenters. The maximum atomic E-state index is 4.50. The molecule has 0 aromatic carbocycles. The molecule has 0 amide bonds. The van der Waals surface area contributed by atoms with E-state index in [1.807, 2.05) is 12.3 Å². The highest BCUT2D eigenvalue weighted by atomic mass is 15.2. The second kappa shape index (κ2) is 4.42. The SMILES string of the molecule is CC1C=CC=CN=C1N1CCNCC1. The van der Waals surface area contributed by atoms with Crippen LogP contribution in [0.1, 0.15) is 6.92 Å². The molecule has 0 aromatic rings. The van der Waals surface area contributed by atoms with Crippen LogP contribution in [0.4, 0.5) is 0 Å². The maximum absolute atomic E-state index is 4.50. The minimum absolute atomic E-state index is 0.433. The molecule has 0 saturated carbocycles. The van der Waals surface area contributed by atoms with E-state index in [9.17, 15) is 0 Å². The molecule has 0 spiro atoms. The van der Waals surface area contributed by atoms with Crippen LogP contribution < -0.4 is 5.32 Å². The average Bonchev–Trinajstić information content (AvgIpc) is 2.44. The predicted molar refractivity (Wildman–Crippen MR) is 59.3 cm³/mol. The van der Waals surface area contributed by atoms with E-state index in [0.717, 1.165) is 26.2 Å². The zero-order valence-electron chi connectivity index (χ0n) is 8.61. The van der Waals surface area contributed by atoms with E-state index in [2.05, 4.69) is 34.3 Å². The molecule has 2 aliphatic rings. The third kappa shape index (κ3) is 2.04. The summed E-state index contributed by atoms with van der Waals surface area (Å²) in [6.45, 7) is 6.48. The first-order chi connectivity index (χ1) is 6.88. The molecule has 3 nitrogen and oxygen atoms in total. The first kappa shape index (κ1) is 9.46. The second-order valence-corrected chi connectivity index (χ2v) is 3.74. The Kier molecular flexibility index (Phi) is 2.99. The van der Waals surface area contributed by atoms with Gasteiger partial charge in [-0.1, -0.05) is 19.1 Å². The fourth-order valence-electron chi connectivity index (χ4n) is 1.87. The van der Waals surface area contributed by atoms with Gasteiger partial charge in [-0.3, -0.25) is 0 Å². The molecule has 2 aliphatic heterocycles. The maximum Gasteiger partial charge on any atom is 0.111 e. The Balaban J connectivity index is 2.10. The number of hydrogen-bond acceptors (Lipinski definition) is 3. The first-order valence-corrected chi connectivity index (χ1v) is 5.24. The van der Waals surface area contributed by atoms with E-state index in [1.54, 1.807) is 0 Å². The number of aliphatic imine (C=N–C) groups is 1. The lowest BCUT2D eigenvalue weighted by atomic mass is 10.1. The van der Waals surface area contributed by atoms with Crippen LogP contribution in [-0.4, -0.2) is 36.9 Å². The largest absolute Gasteiger partial charge is 0.357 e.